The fourth-order valence-corrected chi connectivity index (χ4v) is 5.11. The van der Waals surface area contributed by atoms with Crippen molar-refractivity contribution in [2.24, 2.45) is 5.10 Å². The van der Waals surface area contributed by atoms with Crippen LogP contribution in [0.3, 0.4) is 0 Å². The Kier molecular flexibility index (Phi) is 7.72. The molecule has 0 saturated heterocycles. The van der Waals surface area contributed by atoms with E-state index >= 15 is 0 Å². The maximum absolute atomic E-state index is 13.5. The van der Waals surface area contributed by atoms with Crippen LogP contribution >= 0.6 is 31.9 Å². The lowest BCUT2D eigenvalue weighted by Gasteiger charge is -2.11. The second-order valence-electron chi connectivity index (χ2n) is 8.15. The number of carbonyl (C=O) groups excluding carboxylic acids is 1. The highest BCUT2D eigenvalue weighted by Crippen LogP contribution is 2.32. The minimum atomic E-state index is -0.555. The Labute approximate surface area is 235 Å². The number of hydrogen-bond donors (Lipinski definition) is 0. The van der Waals surface area contributed by atoms with E-state index in [0.717, 1.165) is 15.6 Å². The van der Waals surface area contributed by atoms with E-state index in [2.05, 4.69) is 37.0 Å². The van der Waals surface area contributed by atoms with Gasteiger partial charge in [-0.2, -0.15) is 9.78 Å². The molecule has 1 aromatic heterocycles. The van der Waals surface area contributed by atoms with Crippen LogP contribution in [-0.4, -0.2) is 21.8 Å². The number of benzene rings is 4. The van der Waals surface area contributed by atoms with E-state index in [1.54, 1.807) is 36.4 Å². The molecule has 0 bridgehead atoms. The van der Waals surface area contributed by atoms with Crippen LogP contribution in [0, 0.1) is 0 Å². The summed E-state index contributed by atoms with van der Waals surface area (Å²) in [6.45, 7) is 0. The van der Waals surface area contributed by atoms with Gasteiger partial charge in [0.15, 0.2) is 11.6 Å². The summed E-state index contributed by atoms with van der Waals surface area (Å²) in [4.78, 5) is 30.8. The molecule has 0 saturated carbocycles. The minimum absolute atomic E-state index is 0.266. The molecule has 0 N–H and O–H groups in total. The Bertz CT molecular complexity index is 1750. The van der Waals surface area contributed by atoms with Crippen molar-refractivity contribution in [1.82, 2.24) is 9.66 Å². The molecule has 0 spiro atoms. The third kappa shape index (κ3) is 5.72. The molecule has 0 unspecified atom stereocenters. The lowest BCUT2D eigenvalue weighted by molar-refractivity contribution is -0.128. The van der Waals surface area contributed by atoms with Crippen molar-refractivity contribution in [2.45, 2.75) is 0 Å². The molecule has 5 rings (SSSR count). The van der Waals surface area contributed by atoms with Gasteiger partial charge in [0.25, 0.3) is 5.56 Å². The standard InChI is InChI=1S/C30H19Br2N3O3/c31-23-17-22(28(25(32)18-23)38-27(36)16-15-20-9-3-1-4-10-20)19-33-35-29(21-11-5-2-6-12-21)34-26-14-8-7-13-24(26)30(35)37/h1-19H/b16-15+,33-19?. The van der Waals surface area contributed by atoms with Crippen LogP contribution in [0.2, 0.25) is 0 Å². The number of ether oxygens (including phenoxy) is 1. The number of carbonyl (C=O) groups is 1. The zero-order valence-corrected chi connectivity index (χ0v) is 23.0. The van der Waals surface area contributed by atoms with Gasteiger partial charge in [-0.25, -0.2) is 9.78 Å². The van der Waals surface area contributed by atoms with Crippen molar-refractivity contribution in [2.75, 3.05) is 0 Å². The molecular formula is C30H19Br2N3O3. The first-order chi connectivity index (χ1) is 18.5. The van der Waals surface area contributed by atoms with Crippen molar-refractivity contribution in [3.05, 3.63) is 134 Å². The summed E-state index contributed by atoms with van der Waals surface area (Å²) in [5.41, 5.74) is 2.35. The van der Waals surface area contributed by atoms with Crippen LogP contribution in [-0.2, 0) is 4.79 Å². The number of aromatic nitrogens is 2. The van der Waals surface area contributed by atoms with Crippen molar-refractivity contribution >= 4 is 61.0 Å². The van der Waals surface area contributed by atoms with Gasteiger partial charge >= 0.3 is 5.97 Å². The van der Waals surface area contributed by atoms with Gasteiger partial charge in [0.05, 0.1) is 21.6 Å². The quantitative estimate of drug-likeness (QED) is 0.0871. The lowest BCUT2D eigenvalue weighted by atomic mass is 10.2. The first kappa shape index (κ1) is 25.5. The van der Waals surface area contributed by atoms with Gasteiger partial charge < -0.3 is 4.74 Å². The molecule has 0 radical (unpaired) electrons. The molecule has 8 heteroatoms. The van der Waals surface area contributed by atoms with Crippen LogP contribution in [0.4, 0.5) is 0 Å². The van der Waals surface area contributed by atoms with Crippen LogP contribution in [0.1, 0.15) is 11.1 Å². The predicted molar refractivity (Wildman–Crippen MR) is 157 cm³/mol. The third-order valence-electron chi connectivity index (χ3n) is 5.55. The van der Waals surface area contributed by atoms with Gasteiger partial charge in [0.2, 0.25) is 0 Å². The van der Waals surface area contributed by atoms with Crippen LogP contribution in [0.5, 0.6) is 5.75 Å². The molecule has 0 aliphatic carbocycles. The number of rotatable bonds is 6. The summed E-state index contributed by atoms with van der Waals surface area (Å²) in [6, 6.07) is 29.5. The summed E-state index contributed by atoms with van der Waals surface area (Å²) in [5, 5.41) is 4.95. The van der Waals surface area contributed by atoms with Crippen LogP contribution < -0.4 is 10.3 Å². The molecule has 5 aromatic rings. The van der Waals surface area contributed by atoms with E-state index in [1.165, 1.54) is 17.0 Å². The predicted octanol–water partition coefficient (Wildman–Crippen LogP) is 7.09. The summed E-state index contributed by atoms with van der Waals surface area (Å²) in [7, 11) is 0. The number of hydrogen-bond acceptors (Lipinski definition) is 5. The molecule has 186 valence electrons. The smallest absolute Gasteiger partial charge is 0.336 e. The highest BCUT2D eigenvalue weighted by Gasteiger charge is 2.15. The summed E-state index contributed by atoms with van der Waals surface area (Å²) in [5.74, 6) is 0.104. The highest BCUT2D eigenvalue weighted by atomic mass is 79.9. The Balaban J connectivity index is 1.56. The molecule has 4 aromatic carbocycles. The monoisotopic (exact) mass is 627 g/mol. The van der Waals surface area contributed by atoms with E-state index in [1.807, 2.05) is 66.7 Å². The molecule has 0 aliphatic rings. The molecule has 0 aliphatic heterocycles. The SMILES string of the molecule is O=C(/C=C/c1ccccc1)Oc1c(Br)cc(Br)cc1C=Nn1c(-c2ccccc2)nc2ccccc2c1=O. The van der Waals surface area contributed by atoms with E-state index in [9.17, 15) is 9.59 Å². The topological polar surface area (TPSA) is 73.5 Å². The fourth-order valence-electron chi connectivity index (χ4n) is 3.77. The summed E-state index contributed by atoms with van der Waals surface area (Å²) in [6.07, 6.45) is 4.51. The van der Waals surface area contributed by atoms with E-state index in [0.29, 0.717) is 26.8 Å². The Morgan fingerprint density at radius 3 is 2.34 bits per heavy atom. The summed E-state index contributed by atoms with van der Waals surface area (Å²) < 4.78 is 8.20. The van der Waals surface area contributed by atoms with Crippen LogP contribution in [0.25, 0.3) is 28.4 Å². The number of fused-ring (bicyclic) bond motifs is 1. The first-order valence-corrected chi connectivity index (χ1v) is 13.1. The van der Waals surface area contributed by atoms with Crippen molar-refractivity contribution in [1.29, 1.82) is 0 Å². The van der Waals surface area contributed by atoms with Crippen molar-refractivity contribution in [3.63, 3.8) is 0 Å². The van der Waals surface area contributed by atoms with E-state index < -0.39 is 5.97 Å². The minimum Gasteiger partial charge on any atom is -0.421 e. The number of halogens is 2. The second kappa shape index (κ2) is 11.5. The molecule has 0 amide bonds. The van der Waals surface area contributed by atoms with Crippen LogP contribution in [0.15, 0.2) is 122 Å². The largest absolute Gasteiger partial charge is 0.421 e. The fraction of sp³-hybridized carbons (Fsp3) is 0. The van der Waals surface area contributed by atoms with Gasteiger partial charge in [-0.05, 0) is 51.8 Å². The second-order valence-corrected chi connectivity index (χ2v) is 9.92. The Morgan fingerprint density at radius 2 is 1.58 bits per heavy atom. The number of nitrogens with zero attached hydrogens (tertiary/aromatic N) is 3. The average Bonchev–Trinajstić information content (AvgIpc) is 2.94. The van der Waals surface area contributed by atoms with Gasteiger partial charge in [0, 0.05) is 21.7 Å². The Hall–Kier alpha value is -4.14. The zero-order chi connectivity index (χ0) is 26.5. The van der Waals surface area contributed by atoms with Gasteiger partial charge in [-0.15, -0.1) is 0 Å². The molecule has 0 atom stereocenters. The van der Waals surface area contributed by atoms with Gasteiger partial charge in [0.1, 0.15) is 0 Å². The molecule has 38 heavy (non-hydrogen) atoms. The molecule has 6 nitrogen and oxygen atoms in total. The lowest BCUT2D eigenvalue weighted by Crippen LogP contribution is -2.20. The van der Waals surface area contributed by atoms with Gasteiger partial charge in [-0.3, -0.25) is 4.79 Å². The molecular weight excluding hydrogens is 610 g/mol. The van der Waals surface area contributed by atoms with Crippen molar-refractivity contribution < 1.29 is 9.53 Å². The van der Waals surface area contributed by atoms with E-state index in [4.69, 9.17) is 9.72 Å². The zero-order valence-electron chi connectivity index (χ0n) is 19.8. The normalized spacial score (nSPS) is 11.4. The average molecular weight is 629 g/mol. The maximum Gasteiger partial charge on any atom is 0.336 e. The molecule has 1 heterocycles. The maximum atomic E-state index is 13.5. The third-order valence-corrected chi connectivity index (χ3v) is 6.60. The Morgan fingerprint density at radius 1 is 0.895 bits per heavy atom. The van der Waals surface area contributed by atoms with E-state index in [-0.39, 0.29) is 11.3 Å². The van der Waals surface area contributed by atoms with Crippen molar-refractivity contribution in [3.8, 4) is 17.1 Å². The number of para-hydroxylation sites is 1. The summed E-state index contributed by atoms with van der Waals surface area (Å²) >= 11 is 6.95. The molecule has 0 fully saturated rings. The first-order valence-electron chi connectivity index (χ1n) is 11.5. The number of esters is 1. The van der Waals surface area contributed by atoms with Gasteiger partial charge in [-0.1, -0.05) is 88.7 Å². The highest BCUT2D eigenvalue weighted by molar-refractivity contribution is 9.11.